The minimum Gasteiger partial charge on any atom is -0.493 e. The smallest absolute Gasteiger partial charge is 0.196 e. The van der Waals surface area contributed by atoms with E-state index >= 15 is 0 Å². The summed E-state index contributed by atoms with van der Waals surface area (Å²) in [6.07, 6.45) is 3.89. The molecular formula is C24H26N2O4. The number of methoxy groups -OCH3 is 2. The quantitative estimate of drug-likeness (QED) is 0.518. The summed E-state index contributed by atoms with van der Waals surface area (Å²) in [6.45, 7) is 3.91. The Bertz CT molecular complexity index is 1110. The van der Waals surface area contributed by atoms with Crippen LogP contribution in [0.15, 0.2) is 30.3 Å². The largest absolute Gasteiger partial charge is 0.493 e. The summed E-state index contributed by atoms with van der Waals surface area (Å²) >= 11 is 0. The van der Waals surface area contributed by atoms with E-state index in [0.29, 0.717) is 29.2 Å². The van der Waals surface area contributed by atoms with E-state index in [4.69, 9.17) is 14.2 Å². The highest BCUT2D eigenvalue weighted by Gasteiger charge is 2.32. The number of carbonyl (C=O) groups is 1. The molecule has 0 spiro atoms. The standard InChI is InChI=1S/C24H26N2O4/c1-28-20-13-16-17(14-21(20)29-2)24(27)22-18-12-15(6-7-19(18)25-23(16)22)30-11-10-26-8-4-3-5-9-26/h6-7,12-14,25H,3-5,8-11H2,1-2H3. The molecule has 1 saturated heterocycles. The van der Waals surface area contributed by atoms with E-state index in [1.807, 2.05) is 24.3 Å². The maximum absolute atomic E-state index is 13.2. The van der Waals surface area contributed by atoms with Crippen LogP contribution in [0.2, 0.25) is 0 Å². The van der Waals surface area contributed by atoms with Crippen LogP contribution in [0.5, 0.6) is 17.2 Å². The highest BCUT2D eigenvalue weighted by molar-refractivity contribution is 6.27. The molecule has 30 heavy (non-hydrogen) atoms. The molecule has 3 aromatic rings. The maximum Gasteiger partial charge on any atom is 0.196 e. The van der Waals surface area contributed by atoms with Gasteiger partial charge >= 0.3 is 0 Å². The fraction of sp³-hybridized carbons (Fsp3) is 0.375. The third-order valence-corrected chi connectivity index (χ3v) is 6.16. The third-order valence-electron chi connectivity index (χ3n) is 6.16. The van der Waals surface area contributed by atoms with Gasteiger partial charge in [-0.05, 0) is 56.3 Å². The molecule has 156 valence electrons. The number of piperidine rings is 1. The first-order valence-corrected chi connectivity index (χ1v) is 10.5. The number of aromatic amines is 1. The first-order valence-electron chi connectivity index (χ1n) is 10.5. The highest BCUT2D eigenvalue weighted by atomic mass is 16.5. The molecule has 6 nitrogen and oxygen atoms in total. The Labute approximate surface area is 175 Å². The Hall–Kier alpha value is -2.99. The van der Waals surface area contributed by atoms with Gasteiger partial charge in [-0.3, -0.25) is 9.69 Å². The van der Waals surface area contributed by atoms with Crippen LogP contribution in [0.4, 0.5) is 0 Å². The lowest BCUT2D eigenvalue weighted by Gasteiger charge is -2.26. The number of benzene rings is 2. The van der Waals surface area contributed by atoms with Crippen LogP contribution < -0.4 is 14.2 Å². The Balaban J connectivity index is 1.43. The summed E-state index contributed by atoms with van der Waals surface area (Å²) in [4.78, 5) is 19.1. The van der Waals surface area contributed by atoms with Gasteiger partial charge in [0.05, 0.1) is 25.5 Å². The molecule has 0 saturated carbocycles. The Kier molecular flexibility index (Phi) is 4.87. The number of ether oxygens (including phenoxy) is 3. The minimum atomic E-state index is -0.00216. The van der Waals surface area contributed by atoms with Gasteiger partial charge in [-0.25, -0.2) is 0 Å². The van der Waals surface area contributed by atoms with Crippen LogP contribution in [0.1, 0.15) is 35.2 Å². The molecule has 5 rings (SSSR count). The topological polar surface area (TPSA) is 63.8 Å². The molecule has 1 fully saturated rings. The third kappa shape index (κ3) is 3.12. The summed E-state index contributed by atoms with van der Waals surface area (Å²) in [5.74, 6) is 1.95. The lowest BCUT2D eigenvalue weighted by Crippen LogP contribution is -2.33. The fourth-order valence-corrected chi connectivity index (χ4v) is 4.58. The molecule has 6 heteroatoms. The number of nitrogens with zero attached hydrogens (tertiary/aromatic N) is 1. The number of likely N-dealkylation sites (tertiary alicyclic amines) is 1. The first-order chi connectivity index (χ1) is 14.7. The molecule has 2 heterocycles. The van der Waals surface area contributed by atoms with Crippen molar-refractivity contribution in [3.8, 4) is 28.5 Å². The van der Waals surface area contributed by atoms with Crippen LogP contribution in [0.25, 0.3) is 22.2 Å². The molecule has 0 atom stereocenters. The number of carbonyl (C=O) groups excluding carboxylic acids is 1. The number of H-pyrrole nitrogens is 1. The molecule has 2 aliphatic rings. The van der Waals surface area contributed by atoms with Crippen molar-refractivity contribution < 1.29 is 19.0 Å². The molecule has 0 amide bonds. The van der Waals surface area contributed by atoms with Gasteiger partial charge in [-0.15, -0.1) is 0 Å². The average Bonchev–Trinajstić information content (AvgIpc) is 3.28. The summed E-state index contributed by atoms with van der Waals surface area (Å²) in [6, 6.07) is 9.54. The number of ketones is 1. The normalized spacial score (nSPS) is 15.9. The Morgan fingerprint density at radius 3 is 2.43 bits per heavy atom. The maximum atomic E-state index is 13.2. The van der Waals surface area contributed by atoms with E-state index in [2.05, 4.69) is 9.88 Å². The zero-order valence-corrected chi connectivity index (χ0v) is 17.4. The van der Waals surface area contributed by atoms with Crippen molar-refractivity contribution >= 4 is 16.7 Å². The summed E-state index contributed by atoms with van der Waals surface area (Å²) < 4.78 is 16.8. The van der Waals surface area contributed by atoms with Crippen molar-refractivity contribution in [2.45, 2.75) is 19.3 Å². The van der Waals surface area contributed by atoms with Gasteiger partial charge in [0, 0.05) is 28.6 Å². The SMILES string of the molecule is COc1cc2c(cc1OC)-c1[nH]c3ccc(OCCN4CCCCC4)cc3c1C2=O. The van der Waals surface area contributed by atoms with Crippen molar-refractivity contribution in [1.82, 2.24) is 9.88 Å². The molecule has 1 aliphatic carbocycles. The summed E-state index contributed by atoms with van der Waals surface area (Å²) in [5, 5.41) is 0.889. The number of hydrogen-bond acceptors (Lipinski definition) is 5. The number of nitrogens with one attached hydrogen (secondary N) is 1. The predicted molar refractivity (Wildman–Crippen MR) is 116 cm³/mol. The summed E-state index contributed by atoms with van der Waals surface area (Å²) in [5.41, 5.74) is 3.93. The predicted octanol–water partition coefficient (Wildman–Crippen LogP) is 4.26. The number of hydrogen-bond donors (Lipinski definition) is 1. The second kappa shape index (κ2) is 7.69. The van der Waals surface area contributed by atoms with Gasteiger partial charge in [-0.1, -0.05) is 6.42 Å². The number of rotatable bonds is 6. The van der Waals surface area contributed by atoms with Crippen molar-refractivity contribution in [3.63, 3.8) is 0 Å². The fourth-order valence-electron chi connectivity index (χ4n) is 4.58. The molecule has 0 unspecified atom stereocenters. The van der Waals surface area contributed by atoms with Gasteiger partial charge in [-0.2, -0.15) is 0 Å². The van der Waals surface area contributed by atoms with Gasteiger partial charge in [0.2, 0.25) is 0 Å². The lowest BCUT2D eigenvalue weighted by atomic mass is 10.1. The summed E-state index contributed by atoms with van der Waals surface area (Å²) in [7, 11) is 3.17. The molecule has 0 radical (unpaired) electrons. The molecule has 1 aromatic heterocycles. The molecule has 1 aliphatic heterocycles. The van der Waals surface area contributed by atoms with Crippen LogP contribution in [-0.2, 0) is 0 Å². The molecule has 1 N–H and O–H groups in total. The monoisotopic (exact) mass is 406 g/mol. The van der Waals surface area contributed by atoms with Crippen LogP contribution in [-0.4, -0.2) is 56.1 Å². The van der Waals surface area contributed by atoms with Gasteiger partial charge in [0.15, 0.2) is 17.3 Å². The molecular weight excluding hydrogens is 380 g/mol. The van der Waals surface area contributed by atoms with Gasteiger partial charge in [0.1, 0.15) is 12.4 Å². The van der Waals surface area contributed by atoms with E-state index < -0.39 is 0 Å². The van der Waals surface area contributed by atoms with Crippen molar-refractivity contribution in [2.75, 3.05) is 40.5 Å². The lowest BCUT2D eigenvalue weighted by molar-refractivity contribution is 0.104. The average molecular weight is 406 g/mol. The number of aromatic nitrogens is 1. The van der Waals surface area contributed by atoms with Gasteiger partial charge in [0.25, 0.3) is 0 Å². The van der Waals surface area contributed by atoms with Gasteiger partial charge < -0.3 is 19.2 Å². The van der Waals surface area contributed by atoms with Crippen molar-refractivity contribution in [1.29, 1.82) is 0 Å². The Morgan fingerprint density at radius 2 is 1.70 bits per heavy atom. The van der Waals surface area contributed by atoms with E-state index in [9.17, 15) is 4.79 Å². The highest BCUT2D eigenvalue weighted by Crippen LogP contribution is 2.45. The van der Waals surface area contributed by atoms with E-state index in [1.165, 1.54) is 19.3 Å². The first kappa shape index (κ1) is 19.0. The van der Waals surface area contributed by atoms with Crippen molar-refractivity contribution in [2.24, 2.45) is 0 Å². The van der Waals surface area contributed by atoms with E-state index in [-0.39, 0.29) is 5.78 Å². The zero-order chi connectivity index (χ0) is 20.7. The number of fused-ring (bicyclic) bond motifs is 5. The van der Waals surface area contributed by atoms with Crippen LogP contribution in [0.3, 0.4) is 0 Å². The Morgan fingerprint density at radius 1 is 0.967 bits per heavy atom. The van der Waals surface area contributed by atoms with Crippen molar-refractivity contribution in [3.05, 3.63) is 41.5 Å². The molecule has 2 aromatic carbocycles. The van der Waals surface area contributed by atoms with E-state index in [1.54, 1.807) is 20.3 Å². The second-order valence-electron chi connectivity index (χ2n) is 7.92. The zero-order valence-electron chi connectivity index (χ0n) is 17.4. The molecule has 0 bridgehead atoms. The van der Waals surface area contributed by atoms with E-state index in [0.717, 1.165) is 47.5 Å². The second-order valence-corrected chi connectivity index (χ2v) is 7.92. The van der Waals surface area contributed by atoms with Crippen LogP contribution >= 0.6 is 0 Å². The van der Waals surface area contributed by atoms with Crippen LogP contribution in [0, 0.1) is 0 Å². The minimum absolute atomic E-state index is 0.00216.